The van der Waals surface area contributed by atoms with Gasteiger partial charge >= 0.3 is 0 Å². The molecule has 2 rings (SSSR count). The molecule has 0 atom stereocenters. The highest BCUT2D eigenvalue weighted by Gasteiger charge is 2.06. The minimum atomic E-state index is 0.659. The van der Waals surface area contributed by atoms with E-state index in [1.54, 1.807) is 10.9 Å². The van der Waals surface area contributed by atoms with E-state index in [4.69, 9.17) is 11.6 Å². The molecule has 0 radical (unpaired) electrons. The minimum absolute atomic E-state index is 0.659. The van der Waals surface area contributed by atoms with Gasteiger partial charge in [0.1, 0.15) is 4.60 Å². The number of rotatable bonds is 1. The molecule has 0 amide bonds. The number of aromatic nitrogens is 3. The Morgan fingerprint density at radius 1 is 1.62 bits per heavy atom. The Kier molecular flexibility index (Phi) is 2.40. The Balaban J connectivity index is 2.46. The first kappa shape index (κ1) is 9.18. The second-order valence-corrected chi connectivity index (χ2v) is 4.52. The van der Waals surface area contributed by atoms with Crippen molar-refractivity contribution in [2.24, 2.45) is 0 Å². The molecule has 0 fully saturated rings. The van der Waals surface area contributed by atoms with Crippen molar-refractivity contribution in [3.63, 3.8) is 0 Å². The average molecular weight is 279 g/mol. The van der Waals surface area contributed by atoms with Crippen molar-refractivity contribution in [3.8, 4) is 5.13 Å². The van der Waals surface area contributed by atoms with Crippen LogP contribution in [0.1, 0.15) is 5.69 Å². The highest BCUT2D eigenvalue weighted by Crippen LogP contribution is 2.21. The van der Waals surface area contributed by atoms with E-state index >= 15 is 0 Å². The third-order valence-corrected chi connectivity index (χ3v) is 3.41. The van der Waals surface area contributed by atoms with Crippen molar-refractivity contribution in [1.29, 1.82) is 0 Å². The van der Waals surface area contributed by atoms with Crippen molar-refractivity contribution in [2.45, 2.75) is 6.92 Å². The molecule has 0 aliphatic heterocycles. The first-order valence-electron chi connectivity index (χ1n) is 3.50. The van der Waals surface area contributed by atoms with Gasteiger partial charge in [-0.2, -0.15) is 5.10 Å². The van der Waals surface area contributed by atoms with Crippen molar-refractivity contribution in [2.75, 3.05) is 0 Å². The molecule has 68 valence electrons. The molecule has 0 saturated carbocycles. The summed E-state index contributed by atoms with van der Waals surface area (Å²) in [6, 6.07) is 0. The molecule has 2 aromatic rings. The van der Waals surface area contributed by atoms with Crippen molar-refractivity contribution < 1.29 is 0 Å². The van der Waals surface area contributed by atoms with Gasteiger partial charge in [-0.25, -0.2) is 9.67 Å². The van der Waals surface area contributed by atoms with Gasteiger partial charge in [-0.15, -0.1) is 11.3 Å². The third kappa shape index (κ3) is 1.77. The zero-order valence-electron chi connectivity index (χ0n) is 6.66. The summed E-state index contributed by atoms with van der Waals surface area (Å²) < 4.78 is 2.49. The number of halogens is 2. The van der Waals surface area contributed by atoms with Crippen LogP contribution in [0.25, 0.3) is 5.13 Å². The number of aryl methyl sites for hydroxylation is 1. The Morgan fingerprint density at radius 2 is 2.38 bits per heavy atom. The molecule has 0 aliphatic carbocycles. The van der Waals surface area contributed by atoms with Gasteiger partial charge in [-0.1, -0.05) is 11.6 Å². The lowest BCUT2D eigenvalue weighted by Crippen LogP contribution is -1.93. The van der Waals surface area contributed by atoms with E-state index in [1.807, 2.05) is 12.3 Å². The average Bonchev–Trinajstić information content (AvgIpc) is 2.61. The Bertz CT molecular complexity index is 417. The van der Waals surface area contributed by atoms with Crippen LogP contribution in [0.5, 0.6) is 0 Å². The van der Waals surface area contributed by atoms with Gasteiger partial charge < -0.3 is 0 Å². The summed E-state index contributed by atoms with van der Waals surface area (Å²) in [6.45, 7) is 1.86. The highest BCUT2D eigenvalue weighted by atomic mass is 79.9. The quantitative estimate of drug-likeness (QED) is 0.803. The summed E-state index contributed by atoms with van der Waals surface area (Å²) in [4.78, 5) is 4.21. The normalized spacial score (nSPS) is 10.7. The van der Waals surface area contributed by atoms with E-state index in [0.29, 0.717) is 5.02 Å². The van der Waals surface area contributed by atoms with Crippen LogP contribution in [0.2, 0.25) is 5.02 Å². The molecule has 13 heavy (non-hydrogen) atoms. The van der Waals surface area contributed by atoms with E-state index in [1.165, 1.54) is 11.3 Å². The highest BCUT2D eigenvalue weighted by molar-refractivity contribution is 9.10. The molecular formula is C7H5BrClN3S. The van der Waals surface area contributed by atoms with Gasteiger partial charge in [-0.3, -0.25) is 0 Å². The maximum absolute atomic E-state index is 5.87. The smallest absolute Gasteiger partial charge is 0.211 e. The van der Waals surface area contributed by atoms with Gasteiger partial charge in [-0.05, 0) is 22.9 Å². The zero-order chi connectivity index (χ0) is 9.42. The van der Waals surface area contributed by atoms with E-state index in [9.17, 15) is 0 Å². The predicted molar refractivity (Wildman–Crippen MR) is 56.7 cm³/mol. The zero-order valence-corrected chi connectivity index (χ0v) is 9.82. The van der Waals surface area contributed by atoms with Gasteiger partial charge in [0.25, 0.3) is 0 Å². The Labute approximate surface area is 92.5 Å². The molecule has 0 bridgehead atoms. The molecule has 2 aromatic heterocycles. The van der Waals surface area contributed by atoms with Crippen LogP contribution in [-0.2, 0) is 0 Å². The summed E-state index contributed by atoms with van der Waals surface area (Å²) in [6.07, 6.45) is 1.75. The molecule has 0 spiro atoms. The monoisotopic (exact) mass is 277 g/mol. The van der Waals surface area contributed by atoms with Gasteiger partial charge in [0, 0.05) is 5.38 Å². The molecule has 0 saturated heterocycles. The fourth-order valence-corrected chi connectivity index (χ4v) is 2.19. The third-order valence-electron chi connectivity index (χ3n) is 1.50. The van der Waals surface area contributed by atoms with Crippen LogP contribution < -0.4 is 0 Å². The predicted octanol–water partition coefficient (Wildman–Crippen LogP) is 3.05. The molecule has 6 heteroatoms. The molecule has 2 heterocycles. The fourth-order valence-electron chi connectivity index (χ4n) is 0.888. The second-order valence-electron chi connectivity index (χ2n) is 2.46. The lowest BCUT2D eigenvalue weighted by atomic mass is 10.5. The van der Waals surface area contributed by atoms with Crippen LogP contribution in [0, 0.1) is 6.92 Å². The molecule has 0 N–H and O–H groups in total. The largest absolute Gasteiger partial charge is 0.212 e. The number of nitrogens with zero attached hydrogens (tertiary/aromatic N) is 3. The van der Waals surface area contributed by atoms with Crippen LogP contribution in [0.15, 0.2) is 16.2 Å². The number of hydrogen-bond donors (Lipinski definition) is 0. The summed E-state index contributed by atoms with van der Waals surface area (Å²) in [5, 5.41) is 7.57. The number of thiazole rings is 1. The van der Waals surface area contributed by atoms with Crippen molar-refractivity contribution in [1.82, 2.24) is 14.8 Å². The Hall–Kier alpha value is -0.390. The summed E-state index contributed by atoms with van der Waals surface area (Å²) >= 11 is 10.7. The van der Waals surface area contributed by atoms with E-state index in [0.717, 1.165) is 15.4 Å². The maximum atomic E-state index is 5.87. The summed E-state index contributed by atoms with van der Waals surface area (Å²) in [5.74, 6) is 0. The van der Waals surface area contributed by atoms with Crippen LogP contribution in [0.3, 0.4) is 0 Å². The van der Waals surface area contributed by atoms with Crippen molar-refractivity contribution >= 4 is 38.9 Å². The molecular weight excluding hydrogens is 274 g/mol. The lowest BCUT2D eigenvalue weighted by molar-refractivity contribution is 0.851. The molecule has 0 aliphatic rings. The van der Waals surface area contributed by atoms with E-state index < -0.39 is 0 Å². The lowest BCUT2D eigenvalue weighted by Gasteiger charge is -1.91. The Morgan fingerprint density at radius 3 is 2.85 bits per heavy atom. The van der Waals surface area contributed by atoms with Crippen LogP contribution in [-0.4, -0.2) is 14.8 Å². The maximum Gasteiger partial charge on any atom is 0.211 e. The molecule has 0 unspecified atom stereocenters. The van der Waals surface area contributed by atoms with Crippen molar-refractivity contribution in [3.05, 3.63) is 26.9 Å². The topological polar surface area (TPSA) is 30.7 Å². The van der Waals surface area contributed by atoms with Gasteiger partial charge in [0.05, 0.1) is 16.9 Å². The standard InChI is InChI=1S/C7H5BrClN3S/c1-4-5(9)2-12(11-4)7-10-6(8)3-13-7/h2-3H,1H3. The number of hydrogen-bond acceptors (Lipinski definition) is 3. The van der Waals surface area contributed by atoms with Gasteiger partial charge in [0.2, 0.25) is 5.13 Å². The van der Waals surface area contributed by atoms with E-state index in [-0.39, 0.29) is 0 Å². The van der Waals surface area contributed by atoms with E-state index in [2.05, 4.69) is 26.0 Å². The second kappa shape index (κ2) is 3.40. The minimum Gasteiger partial charge on any atom is -0.212 e. The first-order valence-corrected chi connectivity index (χ1v) is 5.55. The molecule has 3 nitrogen and oxygen atoms in total. The van der Waals surface area contributed by atoms with Gasteiger partial charge in [0.15, 0.2) is 0 Å². The van der Waals surface area contributed by atoms with Crippen LogP contribution >= 0.6 is 38.9 Å². The SMILES string of the molecule is Cc1nn(-c2nc(Br)cs2)cc1Cl. The fraction of sp³-hybridized carbons (Fsp3) is 0.143. The molecule has 0 aromatic carbocycles. The summed E-state index contributed by atoms with van der Waals surface area (Å²) in [7, 11) is 0. The van der Waals surface area contributed by atoms with Crippen LogP contribution in [0.4, 0.5) is 0 Å². The first-order chi connectivity index (χ1) is 6.16. The summed E-state index contributed by atoms with van der Waals surface area (Å²) in [5.41, 5.74) is 0.813.